The molecule has 1 unspecified atom stereocenters. The van der Waals surface area contributed by atoms with Gasteiger partial charge < -0.3 is 9.79 Å². The van der Waals surface area contributed by atoms with Crippen LogP contribution in [0.25, 0.3) is 0 Å². The first-order chi connectivity index (χ1) is 7.91. The Morgan fingerprint density at radius 2 is 2.24 bits per heavy atom. The minimum atomic E-state index is -3.00. The Balaban J connectivity index is 2.12. The van der Waals surface area contributed by atoms with Gasteiger partial charge in [-0.3, -0.25) is 4.57 Å². The second kappa shape index (κ2) is 4.10. The predicted octanol–water partition coefficient (Wildman–Crippen LogP) is 0.745. The van der Waals surface area contributed by atoms with Gasteiger partial charge in [-0.1, -0.05) is 0 Å². The summed E-state index contributed by atoms with van der Waals surface area (Å²) < 4.78 is 11.4. The summed E-state index contributed by atoms with van der Waals surface area (Å²) in [6, 6.07) is 3.59. The Morgan fingerprint density at radius 3 is 2.71 bits per heavy atom. The Hall–Kier alpha value is -1.44. The molecule has 1 aromatic rings. The van der Waals surface area contributed by atoms with E-state index in [1.54, 1.807) is 6.07 Å². The van der Waals surface area contributed by atoms with E-state index in [2.05, 4.69) is 10.2 Å². The molecule has 1 fully saturated rings. The quantitative estimate of drug-likeness (QED) is 0.781. The van der Waals surface area contributed by atoms with E-state index in [1.807, 2.05) is 17.9 Å². The van der Waals surface area contributed by atoms with Crippen molar-refractivity contribution in [2.24, 2.45) is 0 Å². The summed E-state index contributed by atoms with van der Waals surface area (Å²) in [6.45, 7) is 4.27. The van der Waals surface area contributed by atoms with Gasteiger partial charge in [0.05, 0.1) is 5.66 Å². The molecule has 17 heavy (non-hydrogen) atoms. The van der Waals surface area contributed by atoms with E-state index in [1.165, 1.54) is 6.66 Å². The molecule has 1 aliphatic heterocycles. The summed E-state index contributed by atoms with van der Waals surface area (Å²) in [5.74, 6) is 0.689. The summed E-state index contributed by atoms with van der Waals surface area (Å²) in [6.07, 6.45) is 0. The van der Waals surface area contributed by atoms with Crippen LogP contribution in [-0.4, -0.2) is 40.5 Å². The Morgan fingerprint density at radius 1 is 1.59 bits per heavy atom. The van der Waals surface area contributed by atoms with Crippen LogP contribution in [0.3, 0.4) is 0 Å². The minimum Gasteiger partial charge on any atom is -0.353 e. The summed E-state index contributed by atoms with van der Waals surface area (Å²) in [5.41, 5.74) is 0.963. The standard InChI is InChI=1S/C10H13N4O2P/c1-7-3-8(4-11)12-13-10(7)14-5-9(6-14)17(2,15)16/h3,9H,5-6H2,1-2H3,(H,15,16). The molecule has 0 aliphatic carbocycles. The molecule has 1 saturated heterocycles. The van der Waals surface area contributed by atoms with Crippen LogP contribution in [0, 0.1) is 18.3 Å². The van der Waals surface area contributed by atoms with Crippen LogP contribution < -0.4 is 4.90 Å². The first-order valence-corrected chi connectivity index (χ1v) is 7.38. The van der Waals surface area contributed by atoms with Crippen LogP contribution in [0.4, 0.5) is 5.82 Å². The number of hydrogen-bond acceptors (Lipinski definition) is 5. The molecule has 1 atom stereocenters. The molecule has 1 aliphatic rings. The lowest BCUT2D eigenvalue weighted by molar-refractivity contribution is 0.448. The van der Waals surface area contributed by atoms with Crippen molar-refractivity contribution in [1.82, 2.24) is 10.2 Å². The van der Waals surface area contributed by atoms with Gasteiger partial charge in [0.1, 0.15) is 6.07 Å². The molecule has 6 nitrogen and oxygen atoms in total. The largest absolute Gasteiger partial charge is 0.353 e. The van der Waals surface area contributed by atoms with Crippen molar-refractivity contribution >= 4 is 13.2 Å². The fraction of sp³-hybridized carbons (Fsp3) is 0.500. The molecular formula is C10H13N4O2P. The number of rotatable bonds is 2. The highest BCUT2D eigenvalue weighted by Crippen LogP contribution is 2.47. The van der Waals surface area contributed by atoms with Crippen molar-refractivity contribution in [1.29, 1.82) is 5.26 Å². The molecule has 0 amide bonds. The number of nitrogens with zero attached hydrogens (tertiary/aromatic N) is 4. The maximum Gasteiger partial charge on any atom is 0.204 e. The molecule has 0 bridgehead atoms. The topological polar surface area (TPSA) is 90.1 Å². The van der Waals surface area contributed by atoms with Crippen LogP contribution in [0.5, 0.6) is 0 Å². The molecule has 0 radical (unpaired) electrons. The van der Waals surface area contributed by atoms with Gasteiger partial charge in [0.25, 0.3) is 0 Å². The third-order valence-corrected chi connectivity index (χ3v) is 4.59. The molecule has 2 heterocycles. The van der Waals surface area contributed by atoms with Gasteiger partial charge in [0.15, 0.2) is 11.5 Å². The normalized spacial score (nSPS) is 19.3. The van der Waals surface area contributed by atoms with Gasteiger partial charge in [-0.15, -0.1) is 10.2 Å². The molecule has 0 saturated carbocycles. The van der Waals surface area contributed by atoms with Crippen LogP contribution in [0.1, 0.15) is 11.3 Å². The molecule has 1 N–H and O–H groups in total. The second-order valence-corrected chi connectivity index (χ2v) is 6.97. The zero-order chi connectivity index (χ0) is 12.6. The highest BCUT2D eigenvalue weighted by molar-refractivity contribution is 7.58. The molecular weight excluding hydrogens is 239 g/mol. The van der Waals surface area contributed by atoms with Gasteiger partial charge in [0, 0.05) is 19.8 Å². The van der Waals surface area contributed by atoms with E-state index in [-0.39, 0.29) is 11.4 Å². The van der Waals surface area contributed by atoms with Gasteiger partial charge in [0.2, 0.25) is 7.37 Å². The monoisotopic (exact) mass is 252 g/mol. The predicted molar refractivity (Wildman–Crippen MR) is 63.2 cm³/mol. The van der Waals surface area contributed by atoms with Gasteiger partial charge >= 0.3 is 0 Å². The third kappa shape index (κ3) is 2.31. The third-order valence-electron chi connectivity index (χ3n) is 2.91. The van der Waals surface area contributed by atoms with Crippen molar-refractivity contribution in [2.75, 3.05) is 24.7 Å². The number of aryl methyl sites for hydroxylation is 1. The lowest BCUT2D eigenvalue weighted by Crippen LogP contribution is -2.51. The van der Waals surface area contributed by atoms with E-state index in [4.69, 9.17) is 5.26 Å². The average Bonchev–Trinajstić information content (AvgIpc) is 2.16. The summed E-state index contributed by atoms with van der Waals surface area (Å²) in [7, 11) is -3.00. The molecule has 90 valence electrons. The maximum absolute atomic E-state index is 11.4. The molecule has 0 spiro atoms. The lowest BCUT2D eigenvalue weighted by atomic mass is 10.1. The Bertz CT molecular complexity index is 528. The van der Waals surface area contributed by atoms with Crippen LogP contribution in [0.2, 0.25) is 0 Å². The molecule has 7 heteroatoms. The van der Waals surface area contributed by atoms with E-state index < -0.39 is 7.37 Å². The number of hydrogen-bond donors (Lipinski definition) is 1. The first-order valence-electron chi connectivity index (χ1n) is 5.21. The van der Waals surface area contributed by atoms with Crippen LogP contribution in [-0.2, 0) is 4.57 Å². The van der Waals surface area contributed by atoms with E-state index in [9.17, 15) is 9.46 Å². The van der Waals surface area contributed by atoms with Gasteiger partial charge in [-0.2, -0.15) is 5.26 Å². The Kier molecular flexibility index (Phi) is 2.90. The Labute approximate surface area is 99.3 Å². The fourth-order valence-corrected chi connectivity index (χ4v) is 2.78. The highest BCUT2D eigenvalue weighted by atomic mass is 31.2. The van der Waals surface area contributed by atoms with E-state index in [0.29, 0.717) is 18.9 Å². The number of anilines is 1. The van der Waals surface area contributed by atoms with Gasteiger partial charge in [-0.05, 0) is 18.6 Å². The molecule has 2 rings (SSSR count). The summed E-state index contributed by atoms with van der Waals surface area (Å²) in [4.78, 5) is 11.3. The lowest BCUT2D eigenvalue weighted by Gasteiger charge is -2.41. The smallest absolute Gasteiger partial charge is 0.204 e. The second-order valence-electron chi connectivity index (χ2n) is 4.35. The van der Waals surface area contributed by atoms with Crippen LogP contribution in [0.15, 0.2) is 6.07 Å². The number of nitriles is 1. The first kappa shape index (κ1) is 12.0. The number of aromatic nitrogens is 2. The van der Waals surface area contributed by atoms with Crippen molar-refractivity contribution in [3.63, 3.8) is 0 Å². The van der Waals surface area contributed by atoms with Crippen LogP contribution >= 0.6 is 7.37 Å². The van der Waals surface area contributed by atoms with Crippen molar-refractivity contribution in [2.45, 2.75) is 12.6 Å². The summed E-state index contributed by atoms with van der Waals surface area (Å²) in [5, 5.41) is 16.4. The minimum absolute atomic E-state index is 0.181. The van der Waals surface area contributed by atoms with E-state index in [0.717, 1.165) is 5.56 Å². The van der Waals surface area contributed by atoms with Crippen molar-refractivity contribution in [3.8, 4) is 6.07 Å². The fourth-order valence-electron chi connectivity index (χ4n) is 1.78. The zero-order valence-corrected chi connectivity index (χ0v) is 10.6. The highest BCUT2D eigenvalue weighted by Gasteiger charge is 2.38. The van der Waals surface area contributed by atoms with Crippen molar-refractivity contribution < 1.29 is 9.46 Å². The van der Waals surface area contributed by atoms with Gasteiger partial charge in [-0.25, -0.2) is 0 Å². The maximum atomic E-state index is 11.4. The molecule has 0 aromatic carbocycles. The molecule has 1 aromatic heterocycles. The average molecular weight is 252 g/mol. The zero-order valence-electron chi connectivity index (χ0n) is 9.66. The van der Waals surface area contributed by atoms with E-state index >= 15 is 0 Å². The SMILES string of the molecule is Cc1cc(C#N)nnc1N1CC(P(C)(=O)O)C1. The van der Waals surface area contributed by atoms with Crippen molar-refractivity contribution in [3.05, 3.63) is 17.3 Å². The summed E-state index contributed by atoms with van der Waals surface area (Å²) >= 11 is 0.